The summed E-state index contributed by atoms with van der Waals surface area (Å²) in [6, 6.07) is 11.2. The summed E-state index contributed by atoms with van der Waals surface area (Å²) < 4.78 is 0. The van der Waals surface area contributed by atoms with Gasteiger partial charge < -0.3 is 11.1 Å². The SMILES string of the molecule is Nc1nccnc1C(=O)Nc1cccc(C#Cc2cccs2)c1. The van der Waals surface area contributed by atoms with Gasteiger partial charge in [0.15, 0.2) is 11.5 Å². The van der Waals surface area contributed by atoms with Gasteiger partial charge in [0.1, 0.15) is 0 Å². The number of benzene rings is 1. The number of nitrogens with zero attached hydrogens (tertiary/aromatic N) is 2. The van der Waals surface area contributed by atoms with Crippen LogP contribution in [0.2, 0.25) is 0 Å². The van der Waals surface area contributed by atoms with Crippen molar-refractivity contribution >= 4 is 28.7 Å². The molecule has 0 saturated heterocycles. The molecule has 2 aromatic heterocycles. The van der Waals surface area contributed by atoms with Crippen molar-refractivity contribution < 1.29 is 4.79 Å². The lowest BCUT2D eigenvalue weighted by Gasteiger charge is -2.06. The van der Waals surface area contributed by atoms with Gasteiger partial charge in [-0.15, -0.1) is 11.3 Å². The van der Waals surface area contributed by atoms with Crippen LogP contribution in [0.15, 0.2) is 54.2 Å². The van der Waals surface area contributed by atoms with E-state index in [0.29, 0.717) is 5.69 Å². The second kappa shape index (κ2) is 6.73. The number of nitrogen functional groups attached to an aromatic ring is 1. The summed E-state index contributed by atoms with van der Waals surface area (Å²) in [5, 5.41) is 4.72. The Kier molecular flexibility index (Phi) is 4.32. The molecule has 0 aliphatic rings. The van der Waals surface area contributed by atoms with Crippen LogP contribution in [0.4, 0.5) is 11.5 Å². The summed E-state index contributed by atoms with van der Waals surface area (Å²) in [5.74, 6) is 5.84. The minimum atomic E-state index is -0.404. The van der Waals surface area contributed by atoms with Crippen molar-refractivity contribution in [1.82, 2.24) is 9.97 Å². The Morgan fingerprint density at radius 1 is 1.13 bits per heavy atom. The standard InChI is InChI=1S/C17H12N4OS/c18-16-15(19-8-9-20-16)17(22)21-13-4-1-3-12(11-13)6-7-14-5-2-10-23-14/h1-5,8-11H,(H2,18,20)(H,21,22). The first-order valence-corrected chi connectivity index (χ1v) is 7.64. The number of hydrogen-bond donors (Lipinski definition) is 2. The largest absolute Gasteiger partial charge is 0.382 e. The molecule has 23 heavy (non-hydrogen) atoms. The summed E-state index contributed by atoms with van der Waals surface area (Å²) in [7, 11) is 0. The van der Waals surface area contributed by atoms with E-state index in [4.69, 9.17) is 5.73 Å². The lowest BCUT2D eigenvalue weighted by atomic mass is 10.2. The van der Waals surface area contributed by atoms with Crippen molar-refractivity contribution in [3.05, 3.63) is 70.3 Å². The lowest BCUT2D eigenvalue weighted by molar-refractivity contribution is 0.102. The second-order valence-electron chi connectivity index (χ2n) is 4.55. The van der Waals surface area contributed by atoms with Gasteiger partial charge in [0, 0.05) is 23.6 Å². The van der Waals surface area contributed by atoms with Crippen LogP contribution in [-0.2, 0) is 0 Å². The van der Waals surface area contributed by atoms with Crippen LogP contribution in [0, 0.1) is 11.8 Å². The van der Waals surface area contributed by atoms with Gasteiger partial charge in [-0.2, -0.15) is 0 Å². The number of nitrogens with two attached hydrogens (primary N) is 1. The summed E-state index contributed by atoms with van der Waals surface area (Å²) in [6.45, 7) is 0. The highest BCUT2D eigenvalue weighted by molar-refractivity contribution is 7.10. The number of nitrogens with one attached hydrogen (secondary N) is 1. The first kappa shape index (κ1) is 14.8. The minimum absolute atomic E-state index is 0.0960. The molecule has 0 atom stereocenters. The van der Waals surface area contributed by atoms with Gasteiger partial charge in [-0.25, -0.2) is 9.97 Å². The molecule has 3 aromatic rings. The zero-order valence-electron chi connectivity index (χ0n) is 12.0. The number of rotatable bonds is 2. The zero-order valence-corrected chi connectivity index (χ0v) is 12.8. The fraction of sp³-hybridized carbons (Fsp3) is 0. The molecule has 0 saturated carbocycles. The highest BCUT2D eigenvalue weighted by Gasteiger charge is 2.12. The number of aromatic nitrogens is 2. The molecule has 2 heterocycles. The van der Waals surface area contributed by atoms with Crippen LogP contribution >= 0.6 is 11.3 Å². The molecule has 3 N–H and O–H groups in total. The average Bonchev–Trinajstić information content (AvgIpc) is 3.07. The third-order valence-electron chi connectivity index (χ3n) is 2.91. The van der Waals surface area contributed by atoms with Crippen molar-refractivity contribution in [3.63, 3.8) is 0 Å². The Balaban J connectivity index is 1.78. The van der Waals surface area contributed by atoms with E-state index in [1.54, 1.807) is 23.5 Å². The van der Waals surface area contributed by atoms with E-state index in [2.05, 4.69) is 27.1 Å². The molecular formula is C17H12N4OS. The van der Waals surface area contributed by atoms with Crippen molar-refractivity contribution in [1.29, 1.82) is 0 Å². The number of amides is 1. The van der Waals surface area contributed by atoms with Gasteiger partial charge in [-0.05, 0) is 29.6 Å². The minimum Gasteiger partial charge on any atom is -0.382 e. The molecule has 6 heteroatoms. The first-order valence-electron chi connectivity index (χ1n) is 6.76. The number of thiophene rings is 1. The molecule has 1 amide bonds. The monoisotopic (exact) mass is 320 g/mol. The number of hydrogen-bond acceptors (Lipinski definition) is 5. The topological polar surface area (TPSA) is 80.9 Å². The van der Waals surface area contributed by atoms with Gasteiger partial charge in [0.05, 0.1) is 4.88 Å². The van der Waals surface area contributed by atoms with Crippen LogP contribution in [0.1, 0.15) is 20.9 Å². The van der Waals surface area contributed by atoms with Crippen molar-refractivity contribution in [3.8, 4) is 11.8 Å². The third kappa shape index (κ3) is 3.73. The lowest BCUT2D eigenvalue weighted by Crippen LogP contribution is -2.16. The second-order valence-corrected chi connectivity index (χ2v) is 5.50. The van der Waals surface area contributed by atoms with Crippen LogP contribution in [-0.4, -0.2) is 15.9 Å². The van der Waals surface area contributed by atoms with Crippen molar-refractivity contribution in [2.75, 3.05) is 11.1 Å². The summed E-state index contributed by atoms with van der Waals surface area (Å²) >= 11 is 1.58. The van der Waals surface area contributed by atoms with Crippen LogP contribution in [0.3, 0.4) is 0 Å². The number of carbonyl (C=O) groups excluding carboxylic acids is 1. The van der Waals surface area contributed by atoms with Crippen LogP contribution in [0.5, 0.6) is 0 Å². The van der Waals surface area contributed by atoms with Crippen molar-refractivity contribution in [2.24, 2.45) is 0 Å². The quantitative estimate of drug-likeness (QED) is 0.711. The number of anilines is 2. The van der Waals surface area contributed by atoms with E-state index in [1.165, 1.54) is 12.4 Å². The Morgan fingerprint density at radius 2 is 2.00 bits per heavy atom. The molecule has 0 fully saturated rings. The predicted molar refractivity (Wildman–Crippen MR) is 91.1 cm³/mol. The Morgan fingerprint density at radius 3 is 2.78 bits per heavy atom. The first-order chi connectivity index (χ1) is 11.2. The molecule has 0 aliphatic carbocycles. The van der Waals surface area contributed by atoms with E-state index in [1.807, 2.05) is 29.6 Å². The normalized spacial score (nSPS) is 9.74. The van der Waals surface area contributed by atoms with Gasteiger partial charge in [-0.3, -0.25) is 4.79 Å². The molecule has 0 spiro atoms. The molecule has 0 aliphatic heterocycles. The van der Waals surface area contributed by atoms with Gasteiger partial charge in [0.2, 0.25) is 0 Å². The van der Waals surface area contributed by atoms with Crippen LogP contribution in [0.25, 0.3) is 0 Å². The predicted octanol–water partition coefficient (Wildman–Crippen LogP) is 2.77. The maximum atomic E-state index is 12.2. The fourth-order valence-corrected chi connectivity index (χ4v) is 2.44. The van der Waals surface area contributed by atoms with Gasteiger partial charge in [-0.1, -0.05) is 24.0 Å². The van der Waals surface area contributed by atoms with E-state index >= 15 is 0 Å². The van der Waals surface area contributed by atoms with E-state index in [9.17, 15) is 4.79 Å². The van der Waals surface area contributed by atoms with Gasteiger partial charge in [0.25, 0.3) is 5.91 Å². The highest BCUT2D eigenvalue weighted by Crippen LogP contribution is 2.13. The fourth-order valence-electron chi connectivity index (χ4n) is 1.87. The summed E-state index contributed by atoms with van der Waals surface area (Å²) in [5.41, 5.74) is 7.18. The van der Waals surface area contributed by atoms with E-state index in [-0.39, 0.29) is 11.5 Å². The molecule has 1 aromatic carbocycles. The van der Waals surface area contributed by atoms with Crippen molar-refractivity contribution in [2.45, 2.75) is 0 Å². The molecular weight excluding hydrogens is 308 g/mol. The maximum absolute atomic E-state index is 12.2. The summed E-state index contributed by atoms with van der Waals surface area (Å²) in [6.07, 6.45) is 2.86. The molecule has 112 valence electrons. The zero-order chi connectivity index (χ0) is 16.1. The third-order valence-corrected chi connectivity index (χ3v) is 3.70. The van der Waals surface area contributed by atoms with Gasteiger partial charge >= 0.3 is 0 Å². The Hall–Kier alpha value is -3.17. The average molecular weight is 320 g/mol. The number of carbonyl (C=O) groups is 1. The maximum Gasteiger partial charge on any atom is 0.278 e. The van der Waals surface area contributed by atoms with E-state index in [0.717, 1.165) is 10.4 Å². The van der Waals surface area contributed by atoms with E-state index < -0.39 is 5.91 Å². The molecule has 0 bridgehead atoms. The smallest absolute Gasteiger partial charge is 0.278 e. The van der Waals surface area contributed by atoms with Crippen LogP contribution < -0.4 is 11.1 Å². The molecule has 3 rings (SSSR count). The Labute approximate surface area is 137 Å². The highest BCUT2D eigenvalue weighted by atomic mass is 32.1. The molecule has 0 unspecified atom stereocenters. The molecule has 0 radical (unpaired) electrons. The molecule has 5 nitrogen and oxygen atoms in total. The summed E-state index contributed by atoms with van der Waals surface area (Å²) in [4.78, 5) is 20.9. The Bertz CT molecular complexity index is 894.